The summed E-state index contributed by atoms with van der Waals surface area (Å²) < 4.78 is 0. The van der Waals surface area contributed by atoms with Crippen LogP contribution in [0.1, 0.15) is 62.8 Å². The van der Waals surface area contributed by atoms with E-state index in [9.17, 15) is 4.79 Å². The van der Waals surface area contributed by atoms with Crippen molar-refractivity contribution in [2.45, 2.75) is 84.5 Å². The van der Waals surface area contributed by atoms with Gasteiger partial charge in [0.1, 0.15) is 5.54 Å². The van der Waals surface area contributed by atoms with Gasteiger partial charge in [-0.25, -0.2) is 0 Å². The first-order chi connectivity index (χ1) is 13.0. The number of nitrogens with one attached hydrogen (secondary N) is 1. The van der Waals surface area contributed by atoms with E-state index >= 15 is 0 Å². The summed E-state index contributed by atoms with van der Waals surface area (Å²) in [6.45, 7) is 15.8. The van der Waals surface area contributed by atoms with Gasteiger partial charge in [0, 0.05) is 34.8 Å². The van der Waals surface area contributed by atoms with Crippen LogP contribution in [0, 0.1) is 32.6 Å². The quantitative estimate of drug-likeness (QED) is 0.831. The van der Waals surface area contributed by atoms with Gasteiger partial charge in [-0.05, 0) is 77.2 Å². The summed E-state index contributed by atoms with van der Waals surface area (Å²) in [6.07, 6.45) is 2.33. The summed E-state index contributed by atoms with van der Waals surface area (Å²) in [7, 11) is 4.48. The minimum Gasteiger partial charge on any atom is -0.324 e. The molecule has 154 valence electrons. The van der Waals surface area contributed by atoms with Gasteiger partial charge in [0.05, 0.1) is 0 Å². The number of hydrogen-bond acceptors (Lipinski definition) is 3. The van der Waals surface area contributed by atoms with Crippen molar-refractivity contribution in [2.24, 2.45) is 11.8 Å². The van der Waals surface area contributed by atoms with Gasteiger partial charge >= 0.3 is 0 Å². The minimum absolute atomic E-state index is 0.166. The standard InChI is InChI=1S/C24H37N3O/c1-13(2)11-23(7)12-19-21(27(23)9)17(6)24(26(19)8)18-10-14(3)15(4)16(5)20(18)25-22(24)28/h10,13,17,19,21H,11-12H2,1-9H3,(H,25,28)/t17-,19-,21-,23-,24-/m0/s1. The highest BCUT2D eigenvalue weighted by atomic mass is 16.2. The van der Waals surface area contributed by atoms with Crippen molar-refractivity contribution in [3.8, 4) is 0 Å². The molecule has 4 nitrogen and oxygen atoms in total. The molecule has 1 aromatic rings. The first-order valence-electron chi connectivity index (χ1n) is 10.9. The second kappa shape index (κ2) is 6.06. The molecule has 5 atom stereocenters. The summed E-state index contributed by atoms with van der Waals surface area (Å²) in [6, 6.07) is 3.08. The predicted molar refractivity (Wildman–Crippen MR) is 116 cm³/mol. The lowest BCUT2D eigenvalue weighted by atomic mass is 9.77. The predicted octanol–water partition coefficient (Wildman–Crippen LogP) is 4.22. The zero-order valence-corrected chi connectivity index (χ0v) is 19.1. The number of nitrogens with zero attached hydrogens (tertiary/aromatic N) is 2. The van der Waals surface area contributed by atoms with Gasteiger partial charge in [-0.2, -0.15) is 0 Å². The van der Waals surface area contributed by atoms with E-state index in [-0.39, 0.29) is 17.4 Å². The van der Waals surface area contributed by atoms with Crippen LogP contribution in [-0.2, 0) is 10.3 Å². The van der Waals surface area contributed by atoms with Crippen LogP contribution in [0.5, 0.6) is 0 Å². The van der Waals surface area contributed by atoms with Crippen LogP contribution < -0.4 is 5.32 Å². The third kappa shape index (κ3) is 2.22. The fraction of sp³-hybridized carbons (Fsp3) is 0.708. The summed E-state index contributed by atoms with van der Waals surface area (Å²) in [5, 5.41) is 3.29. The molecule has 0 bridgehead atoms. The lowest BCUT2D eigenvalue weighted by molar-refractivity contribution is -0.128. The third-order valence-electron chi connectivity index (χ3n) is 8.57. The van der Waals surface area contributed by atoms with Crippen molar-refractivity contribution in [3.63, 3.8) is 0 Å². The number of likely N-dealkylation sites (tertiary alicyclic amines) is 2. The van der Waals surface area contributed by atoms with E-state index in [1.165, 1.54) is 28.7 Å². The van der Waals surface area contributed by atoms with Crippen LogP contribution >= 0.6 is 0 Å². The van der Waals surface area contributed by atoms with Crippen LogP contribution in [0.4, 0.5) is 5.69 Å². The maximum atomic E-state index is 13.6. The number of aryl methyl sites for hydroxylation is 1. The lowest BCUT2D eigenvalue weighted by Gasteiger charge is -2.42. The van der Waals surface area contributed by atoms with Crippen molar-refractivity contribution < 1.29 is 4.79 Å². The van der Waals surface area contributed by atoms with Gasteiger partial charge in [-0.3, -0.25) is 14.6 Å². The average molecular weight is 384 g/mol. The van der Waals surface area contributed by atoms with Gasteiger partial charge in [0.25, 0.3) is 0 Å². The Morgan fingerprint density at radius 2 is 1.82 bits per heavy atom. The van der Waals surface area contributed by atoms with Crippen molar-refractivity contribution in [1.29, 1.82) is 0 Å². The average Bonchev–Trinajstić information content (AvgIpc) is 3.11. The van der Waals surface area contributed by atoms with Crippen molar-refractivity contribution in [1.82, 2.24) is 9.80 Å². The first kappa shape index (κ1) is 19.9. The van der Waals surface area contributed by atoms with E-state index in [0.29, 0.717) is 18.0 Å². The van der Waals surface area contributed by atoms with Crippen LogP contribution in [0.2, 0.25) is 0 Å². The van der Waals surface area contributed by atoms with E-state index in [2.05, 4.69) is 83.7 Å². The van der Waals surface area contributed by atoms with Crippen molar-refractivity contribution in [2.75, 3.05) is 19.4 Å². The fourth-order valence-electron chi connectivity index (χ4n) is 6.98. The molecule has 28 heavy (non-hydrogen) atoms. The summed E-state index contributed by atoms with van der Waals surface area (Å²) in [4.78, 5) is 18.6. The Morgan fingerprint density at radius 1 is 1.18 bits per heavy atom. The SMILES string of the molecule is Cc1cc2c(c(C)c1C)NC(=O)[C@]21[C@@H](C)[C@H]2[C@H](C[C@](C)(CC(C)C)N2C)N1C. The number of likely N-dealkylation sites (N-methyl/N-ethyl adjacent to an activating group) is 2. The Morgan fingerprint density at radius 3 is 2.39 bits per heavy atom. The third-order valence-corrected chi connectivity index (χ3v) is 8.57. The second-order valence-electron chi connectivity index (χ2n) is 10.5. The number of carbonyl (C=O) groups excluding carboxylic acids is 1. The van der Waals surface area contributed by atoms with Crippen molar-refractivity contribution >= 4 is 11.6 Å². The molecule has 0 saturated carbocycles. The molecule has 0 aromatic heterocycles. The van der Waals surface area contributed by atoms with Crippen molar-refractivity contribution in [3.05, 3.63) is 28.3 Å². The van der Waals surface area contributed by atoms with Crippen LogP contribution in [0.25, 0.3) is 0 Å². The Bertz CT molecular complexity index is 847. The Balaban J connectivity index is 1.83. The number of hydrogen-bond donors (Lipinski definition) is 1. The van der Waals surface area contributed by atoms with Crippen LogP contribution in [0.3, 0.4) is 0 Å². The molecule has 1 aromatic carbocycles. The molecule has 4 heteroatoms. The highest BCUT2D eigenvalue weighted by Crippen LogP contribution is 2.58. The Kier molecular flexibility index (Phi) is 4.31. The van der Waals surface area contributed by atoms with E-state index in [1.807, 2.05) is 0 Å². The van der Waals surface area contributed by atoms with Gasteiger partial charge in [0.15, 0.2) is 0 Å². The minimum atomic E-state index is -0.554. The molecule has 3 aliphatic heterocycles. The van der Waals surface area contributed by atoms with Gasteiger partial charge < -0.3 is 5.32 Å². The van der Waals surface area contributed by atoms with E-state index in [0.717, 1.165) is 12.1 Å². The molecular formula is C24H37N3O. The largest absolute Gasteiger partial charge is 0.324 e. The summed E-state index contributed by atoms with van der Waals surface area (Å²) in [5.74, 6) is 1.08. The molecule has 2 fully saturated rings. The van der Waals surface area contributed by atoms with Gasteiger partial charge in [-0.15, -0.1) is 0 Å². The zero-order valence-electron chi connectivity index (χ0n) is 19.1. The molecular weight excluding hydrogens is 346 g/mol. The summed E-state index contributed by atoms with van der Waals surface area (Å²) >= 11 is 0. The number of carbonyl (C=O) groups is 1. The van der Waals surface area contributed by atoms with Gasteiger partial charge in [0.2, 0.25) is 5.91 Å². The number of fused-ring (bicyclic) bond motifs is 3. The Labute approximate surface area is 170 Å². The topological polar surface area (TPSA) is 35.6 Å². The monoisotopic (exact) mass is 383 g/mol. The molecule has 3 aliphatic rings. The van der Waals surface area contributed by atoms with Crippen LogP contribution in [-0.4, -0.2) is 47.4 Å². The molecule has 3 heterocycles. The summed E-state index contributed by atoms with van der Waals surface area (Å²) in [5.41, 5.74) is 5.68. The lowest BCUT2D eigenvalue weighted by Crippen LogP contribution is -2.53. The molecule has 1 amide bonds. The highest BCUT2D eigenvalue weighted by Gasteiger charge is 2.68. The van der Waals surface area contributed by atoms with Gasteiger partial charge in [-0.1, -0.05) is 26.8 Å². The normalized spacial score (nSPS) is 37.8. The Hall–Kier alpha value is -1.39. The number of amides is 1. The number of benzene rings is 1. The molecule has 0 aliphatic carbocycles. The molecule has 1 N–H and O–H groups in total. The molecule has 1 spiro atoms. The number of rotatable bonds is 2. The molecule has 4 rings (SSSR count). The first-order valence-corrected chi connectivity index (χ1v) is 10.9. The van der Waals surface area contributed by atoms with E-state index in [4.69, 9.17) is 0 Å². The smallest absolute Gasteiger partial charge is 0.249 e. The zero-order chi connectivity index (χ0) is 20.8. The highest BCUT2D eigenvalue weighted by molar-refractivity contribution is 6.07. The van der Waals surface area contributed by atoms with E-state index < -0.39 is 5.54 Å². The molecule has 0 radical (unpaired) electrons. The number of anilines is 1. The maximum absolute atomic E-state index is 13.6. The fourth-order valence-corrected chi connectivity index (χ4v) is 6.98. The second-order valence-corrected chi connectivity index (χ2v) is 10.5. The molecule has 0 unspecified atom stereocenters. The van der Waals surface area contributed by atoms with E-state index in [1.54, 1.807) is 0 Å². The van der Waals surface area contributed by atoms with Crippen LogP contribution in [0.15, 0.2) is 6.07 Å². The maximum Gasteiger partial charge on any atom is 0.249 e. The molecule has 2 saturated heterocycles.